The monoisotopic (exact) mass is 974 g/mol. The predicted molar refractivity (Wildman–Crippen MR) is 261 cm³/mol. The summed E-state index contributed by atoms with van der Waals surface area (Å²) in [5, 5.41) is 18.9. The van der Waals surface area contributed by atoms with E-state index in [4.69, 9.17) is 14.2 Å². The highest BCUT2D eigenvalue weighted by Crippen LogP contribution is 2.34. The number of amides is 7. The van der Waals surface area contributed by atoms with Crippen LogP contribution in [0.1, 0.15) is 121 Å². The van der Waals surface area contributed by atoms with Gasteiger partial charge in [0.1, 0.15) is 23.4 Å². The molecule has 5 heterocycles. The molecule has 1 saturated heterocycles. The molecule has 8 rings (SSSR count). The number of rotatable bonds is 26. The number of benzene rings is 1. The van der Waals surface area contributed by atoms with Gasteiger partial charge in [0.05, 0.1) is 41.1 Å². The average Bonchev–Trinajstić information content (AvgIpc) is 4.16. The minimum atomic E-state index is -1.09. The molecule has 2 aliphatic heterocycles. The van der Waals surface area contributed by atoms with Gasteiger partial charge < -0.3 is 40.8 Å². The van der Waals surface area contributed by atoms with Crippen LogP contribution in [0.2, 0.25) is 0 Å². The number of imide groups is 2. The van der Waals surface area contributed by atoms with Crippen molar-refractivity contribution < 1.29 is 47.8 Å². The third-order valence-electron chi connectivity index (χ3n) is 13.0. The summed E-state index contributed by atoms with van der Waals surface area (Å²) in [6.07, 6.45) is 15.3. The zero-order chi connectivity index (χ0) is 49.5. The van der Waals surface area contributed by atoms with Crippen LogP contribution in [-0.4, -0.2) is 125 Å². The van der Waals surface area contributed by atoms with Crippen LogP contribution in [0.4, 0.5) is 17.3 Å². The van der Waals surface area contributed by atoms with Crippen molar-refractivity contribution in [3.8, 4) is 5.75 Å². The highest BCUT2D eigenvalue weighted by Gasteiger charge is 2.46. The van der Waals surface area contributed by atoms with Gasteiger partial charge in [-0.2, -0.15) is 0 Å². The van der Waals surface area contributed by atoms with Crippen LogP contribution in [0.3, 0.4) is 0 Å². The number of carbonyl (C=O) groups is 7. The van der Waals surface area contributed by atoms with Crippen molar-refractivity contribution >= 4 is 69.6 Å². The van der Waals surface area contributed by atoms with Crippen molar-refractivity contribution in [2.24, 2.45) is 5.92 Å². The van der Waals surface area contributed by atoms with Crippen LogP contribution < -0.4 is 36.6 Å². The number of nitrogens with zero attached hydrogens (tertiary/aromatic N) is 4. The lowest BCUT2D eigenvalue weighted by molar-refractivity contribution is -0.136. The van der Waals surface area contributed by atoms with Crippen LogP contribution in [0.15, 0.2) is 61.1 Å². The molecular formula is C51H62N10O10. The van der Waals surface area contributed by atoms with Gasteiger partial charge in [0.25, 0.3) is 23.6 Å². The summed E-state index contributed by atoms with van der Waals surface area (Å²) in [4.78, 5) is 103. The number of piperidine rings is 1. The summed E-state index contributed by atoms with van der Waals surface area (Å²) in [6, 6.07) is 11.3. The fraction of sp³-hybridized carbons (Fsp3) is 0.490. The van der Waals surface area contributed by atoms with Crippen molar-refractivity contribution in [3.63, 3.8) is 0 Å². The quantitative estimate of drug-likeness (QED) is 0.0368. The maximum atomic E-state index is 13.5. The molecule has 4 aromatic rings. The molecular weight excluding hydrogens is 913 g/mol. The van der Waals surface area contributed by atoms with E-state index in [1.807, 2.05) is 24.3 Å². The molecule has 1 aromatic carbocycles. The zero-order valence-electron chi connectivity index (χ0n) is 39.8. The second kappa shape index (κ2) is 24.7. The second-order valence-electron chi connectivity index (χ2n) is 18.3. The molecule has 6 N–H and O–H groups in total. The van der Waals surface area contributed by atoms with E-state index in [0.29, 0.717) is 62.8 Å². The summed E-state index contributed by atoms with van der Waals surface area (Å²) in [5.74, 6) is -1.73. The lowest BCUT2D eigenvalue weighted by Gasteiger charge is -2.28. The standard InChI is InChI=1S/C51H62N10O10/c62-44-19-17-40(49(66)60-44)61-50(67)36-8-7-9-41(46(36)51(61)68)71-31-45(63)53-21-3-1-5-24-69-26-27-70-25-6-2-4-22-54-47(64)32-10-13-35(14-11-32)57-48(65)37-30-55-43(28-39(37)56-34-15-16-34)59-42-18-12-33-29-52-23-20-38(33)58-42/h7-9,12,18,20,23,28-30,32,34-35,40H,1-6,10-11,13-17,19,21-22,24-27,31H2,(H,53,63)(H,54,64)(H,57,65)(H,60,62,66)(H2,55,56,58,59)/t32-,35-,40?. The second-order valence-corrected chi connectivity index (χ2v) is 18.3. The Morgan fingerprint density at radius 2 is 1.49 bits per heavy atom. The number of aromatic nitrogens is 3. The van der Waals surface area contributed by atoms with E-state index in [1.54, 1.807) is 18.6 Å². The van der Waals surface area contributed by atoms with Gasteiger partial charge in [-0.15, -0.1) is 0 Å². The molecule has 71 heavy (non-hydrogen) atoms. The third kappa shape index (κ3) is 13.8. The van der Waals surface area contributed by atoms with Gasteiger partial charge in [-0.1, -0.05) is 6.07 Å². The smallest absolute Gasteiger partial charge is 0.266 e. The van der Waals surface area contributed by atoms with Gasteiger partial charge in [0.15, 0.2) is 6.61 Å². The molecule has 2 aliphatic carbocycles. The summed E-state index contributed by atoms with van der Waals surface area (Å²) in [7, 11) is 0. The van der Waals surface area contributed by atoms with E-state index in [1.165, 1.54) is 18.2 Å². The number of nitrogens with one attached hydrogen (secondary N) is 6. The first-order chi connectivity index (χ1) is 34.6. The first-order valence-corrected chi connectivity index (χ1v) is 24.8. The first kappa shape index (κ1) is 50.3. The van der Waals surface area contributed by atoms with Crippen LogP contribution >= 0.6 is 0 Å². The Morgan fingerprint density at radius 3 is 2.24 bits per heavy atom. The van der Waals surface area contributed by atoms with Crippen molar-refractivity contribution in [2.75, 3.05) is 56.8 Å². The first-order valence-electron chi connectivity index (χ1n) is 24.8. The van der Waals surface area contributed by atoms with E-state index in [0.717, 1.165) is 98.5 Å². The molecule has 20 nitrogen and oxygen atoms in total. The van der Waals surface area contributed by atoms with E-state index >= 15 is 0 Å². The van der Waals surface area contributed by atoms with E-state index in [-0.39, 0.29) is 66.0 Å². The van der Waals surface area contributed by atoms with Gasteiger partial charge >= 0.3 is 0 Å². The number of unbranched alkanes of at least 4 members (excludes halogenated alkanes) is 4. The van der Waals surface area contributed by atoms with E-state index < -0.39 is 29.7 Å². The van der Waals surface area contributed by atoms with Gasteiger partial charge in [-0.05, 0) is 114 Å². The third-order valence-corrected chi connectivity index (χ3v) is 13.0. The Hall–Kier alpha value is -7.06. The highest BCUT2D eigenvalue weighted by molar-refractivity contribution is 6.24. The Kier molecular flexibility index (Phi) is 17.5. The fourth-order valence-corrected chi connectivity index (χ4v) is 8.92. The summed E-state index contributed by atoms with van der Waals surface area (Å²) >= 11 is 0. The Balaban J connectivity index is 0.609. The maximum absolute atomic E-state index is 13.5. The number of carbonyl (C=O) groups excluding carboxylic acids is 7. The molecule has 20 heteroatoms. The molecule has 1 unspecified atom stereocenters. The Labute approximate surface area is 411 Å². The Morgan fingerprint density at radius 1 is 0.746 bits per heavy atom. The van der Waals surface area contributed by atoms with Crippen molar-refractivity contribution in [2.45, 2.75) is 108 Å². The minimum absolute atomic E-state index is 0.00713. The molecule has 3 aromatic heterocycles. The van der Waals surface area contributed by atoms with Gasteiger partial charge in [-0.25, -0.2) is 9.97 Å². The maximum Gasteiger partial charge on any atom is 0.266 e. The van der Waals surface area contributed by atoms with Crippen LogP contribution in [0.5, 0.6) is 5.75 Å². The molecule has 1 atom stereocenters. The lowest BCUT2D eigenvalue weighted by Crippen LogP contribution is -2.54. The number of hydrogen-bond acceptors (Lipinski definition) is 15. The number of pyridine rings is 3. The SMILES string of the molecule is O=C(COc1cccc2c1C(=O)N(C1CCC(=O)NC1=O)C2=O)NCCCCCOCCOCCCCCNC(=O)[C@H]1CC[C@H](NC(=O)c2cnc(Nc3ccc4cnccc4n3)cc2NC2CC2)CC1. The molecule has 0 bridgehead atoms. The largest absolute Gasteiger partial charge is 0.483 e. The Bertz CT molecular complexity index is 2580. The molecule has 3 fully saturated rings. The van der Waals surface area contributed by atoms with Gasteiger partial charge in [0, 0.05) is 80.8 Å². The average molecular weight is 975 g/mol. The highest BCUT2D eigenvalue weighted by atomic mass is 16.5. The number of ether oxygens (including phenoxy) is 3. The van der Waals surface area contributed by atoms with Crippen LogP contribution in [0.25, 0.3) is 10.9 Å². The minimum Gasteiger partial charge on any atom is -0.483 e. The van der Waals surface area contributed by atoms with Gasteiger partial charge in [-0.3, -0.25) is 48.8 Å². The molecule has 0 spiro atoms. The summed E-state index contributed by atoms with van der Waals surface area (Å²) < 4.78 is 17.0. The lowest BCUT2D eigenvalue weighted by atomic mass is 9.85. The topological polar surface area (TPSA) is 261 Å². The molecule has 2 saturated carbocycles. The van der Waals surface area contributed by atoms with E-state index in [2.05, 4.69) is 46.9 Å². The molecule has 4 aliphatic rings. The summed E-state index contributed by atoms with van der Waals surface area (Å²) in [6.45, 7) is 2.88. The fourth-order valence-electron chi connectivity index (χ4n) is 8.92. The molecule has 376 valence electrons. The van der Waals surface area contributed by atoms with Crippen molar-refractivity contribution in [1.82, 2.24) is 41.1 Å². The van der Waals surface area contributed by atoms with Crippen LogP contribution in [-0.2, 0) is 28.7 Å². The van der Waals surface area contributed by atoms with Crippen molar-refractivity contribution in [3.05, 3.63) is 77.7 Å². The number of hydrogen-bond donors (Lipinski definition) is 6. The normalized spacial score (nSPS) is 18.7. The van der Waals surface area contributed by atoms with Crippen LogP contribution in [0, 0.1) is 5.92 Å². The zero-order valence-corrected chi connectivity index (χ0v) is 39.8. The van der Waals surface area contributed by atoms with Gasteiger partial charge in [0.2, 0.25) is 17.7 Å². The molecule has 7 amide bonds. The number of anilines is 3. The van der Waals surface area contributed by atoms with Crippen molar-refractivity contribution in [1.29, 1.82) is 0 Å². The summed E-state index contributed by atoms with van der Waals surface area (Å²) in [5.41, 5.74) is 2.13. The number of fused-ring (bicyclic) bond motifs is 2. The predicted octanol–water partition coefficient (Wildman–Crippen LogP) is 4.72. The van der Waals surface area contributed by atoms with E-state index in [9.17, 15) is 33.6 Å². The molecule has 0 radical (unpaired) electrons.